The second-order valence-electron chi connectivity index (χ2n) is 7.39. The maximum absolute atomic E-state index is 14.5. The van der Waals surface area contributed by atoms with Crippen LogP contribution in [0.4, 0.5) is 10.1 Å². The quantitative estimate of drug-likeness (QED) is 0.576. The lowest BCUT2D eigenvalue weighted by Crippen LogP contribution is -2.38. The summed E-state index contributed by atoms with van der Waals surface area (Å²) in [7, 11) is 3.14. The number of imide groups is 1. The van der Waals surface area contributed by atoms with Crippen LogP contribution in [0.15, 0.2) is 48.2 Å². The van der Waals surface area contributed by atoms with Crippen LogP contribution in [0.2, 0.25) is 0 Å². The molecule has 0 saturated heterocycles. The Labute approximate surface area is 181 Å². The smallest absolute Gasteiger partial charge is 0.282 e. The van der Waals surface area contributed by atoms with E-state index in [1.165, 1.54) is 18.2 Å². The standard InChI is InChI=1S/C24H27FN2O4/c1-16-9-10-18(15-17(16)2)21-22(26(11-13-30-3)12-14-31-4)24(29)27(23(21)28)20-8-6-5-7-19(20)25/h5-10,15H,11-14H2,1-4H3. The van der Waals surface area contributed by atoms with Gasteiger partial charge in [-0.25, -0.2) is 9.29 Å². The van der Waals surface area contributed by atoms with Crippen LogP contribution in [0, 0.1) is 19.7 Å². The Hall–Kier alpha value is -3.03. The SMILES string of the molecule is COCCN(CCOC)C1=C(c2ccc(C)c(C)c2)C(=O)N(c2ccccc2F)C1=O. The van der Waals surface area contributed by atoms with Crippen molar-refractivity contribution < 1.29 is 23.5 Å². The third kappa shape index (κ3) is 4.52. The first kappa shape index (κ1) is 22.7. The van der Waals surface area contributed by atoms with E-state index in [9.17, 15) is 14.0 Å². The molecule has 0 spiro atoms. The number of hydrogen-bond donors (Lipinski definition) is 0. The number of ether oxygens (including phenoxy) is 2. The Morgan fingerprint density at radius 2 is 1.55 bits per heavy atom. The van der Waals surface area contributed by atoms with E-state index in [2.05, 4.69) is 0 Å². The molecule has 0 unspecified atom stereocenters. The zero-order chi connectivity index (χ0) is 22.5. The summed E-state index contributed by atoms with van der Waals surface area (Å²) in [5.41, 5.74) is 3.11. The van der Waals surface area contributed by atoms with E-state index >= 15 is 0 Å². The van der Waals surface area contributed by atoms with Gasteiger partial charge < -0.3 is 14.4 Å². The minimum Gasteiger partial charge on any atom is -0.383 e. The van der Waals surface area contributed by atoms with Gasteiger partial charge in [-0.1, -0.05) is 30.3 Å². The lowest BCUT2D eigenvalue weighted by Gasteiger charge is -2.25. The summed E-state index contributed by atoms with van der Waals surface area (Å²) >= 11 is 0. The van der Waals surface area contributed by atoms with Crippen LogP contribution >= 0.6 is 0 Å². The number of halogens is 1. The minimum atomic E-state index is -0.634. The van der Waals surface area contributed by atoms with E-state index in [0.29, 0.717) is 31.9 Å². The molecule has 7 heteroatoms. The van der Waals surface area contributed by atoms with Crippen molar-refractivity contribution in [2.45, 2.75) is 13.8 Å². The van der Waals surface area contributed by atoms with E-state index in [1.807, 2.05) is 32.0 Å². The highest BCUT2D eigenvalue weighted by Gasteiger charge is 2.43. The average Bonchev–Trinajstić information content (AvgIpc) is 3.01. The summed E-state index contributed by atoms with van der Waals surface area (Å²) in [6.45, 7) is 5.40. The first-order valence-corrected chi connectivity index (χ1v) is 10.1. The Bertz CT molecular complexity index is 1010. The van der Waals surface area contributed by atoms with Crippen molar-refractivity contribution in [3.8, 4) is 0 Å². The second kappa shape index (κ2) is 9.85. The molecule has 0 saturated carbocycles. The molecular weight excluding hydrogens is 399 g/mol. The van der Waals surface area contributed by atoms with E-state index in [1.54, 1.807) is 25.2 Å². The molecular formula is C24H27FN2O4. The van der Waals surface area contributed by atoms with E-state index in [-0.39, 0.29) is 17.0 Å². The highest BCUT2D eigenvalue weighted by molar-refractivity contribution is 6.45. The van der Waals surface area contributed by atoms with Crippen molar-refractivity contribution in [1.82, 2.24) is 4.90 Å². The maximum atomic E-state index is 14.5. The number of aryl methyl sites for hydroxylation is 2. The van der Waals surface area contributed by atoms with Gasteiger partial charge in [0.2, 0.25) is 0 Å². The molecule has 3 rings (SSSR count). The van der Waals surface area contributed by atoms with Gasteiger partial charge in [-0.05, 0) is 42.7 Å². The van der Waals surface area contributed by atoms with Crippen LogP contribution < -0.4 is 4.90 Å². The van der Waals surface area contributed by atoms with Gasteiger partial charge in [-0.15, -0.1) is 0 Å². The molecule has 0 bridgehead atoms. The average molecular weight is 426 g/mol. The van der Waals surface area contributed by atoms with Gasteiger partial charge in [0.15, 0.2) is 0 Å². The van der Waals surface area contributed by atoms with Crippen molar-refractivity contribution in [3.63, 3.8) is 0 Å². The molecule has 2 aromatic carbocycles. The molecule has 0 aliphatic carbocycles. The summed E-state index contributed by atoms with van der Waals surface area (Å²) in [6.07, 6.45) is 0. The fourth-order valence-electron chi connectivity index (χ4n) is 3.56. The molecule has 2 aromatic rings. The van der Waals surface area contributed by atoms with Crippen molar-refractivity contribution in [1.29, 1.82) is 0 Å². The number of rotatable bonds is 9. The zero-order valence-corrected chi connectivity index (χ0v) is 18.3. The number of methoxy groups -OCH3 is 2. The maximum Gasteiger partial charge on any atom is 0.282 e. The molecule has 6 nitrogen and oxygen atoms in total. The summed E-state index contributed by atoms with van der Waals surface area (Å²) in [6, 6.07) is 11.4. The summed E-state index contributed by atoms with van der Waals surface area (Å²) in [5.74, 6) is -1.74. The lowest BCUT2D eigenvalue weighted by atomic mass is 9.99. The highest BCUT2D eigenvalue weighted by Crippen LogP contribution is 2.36. The molecule has 1 heterocycles. The van der Waals surface area contributed by atoms with Crippen LogP contribution in [0.5, 0.6) is 0 Å². The van der Waals surface area contributed by atoms with Crippen LogP contribution in [0.3, 0.4) is 0 Å². The third-order valence-electron chi connectivity index (χ3n) is 5.40. The van der Waals surface area contributed by atoms with Crippen molar-refractivity contribution >= 4 is 23.1 Å². The molecule has 2 amide bonds. The Balaban J connectivity index is 2.17. The van der Waals surface area contributed by atoms with Gasteiger partial charge in [0.1, 0.15) is 11.5 Å². The van der Waals surface area contributed by atoms with Crippen LogP contribution in [-0.4, -0.2) is 57.2 Å². The lowest BCUT2D eigenvalue weighted by molar-refractivity contribution is -0.120. The molecule has 164 valence electrons. The summed E-state index contributed by atoms with van der Waals surface area (Å²) in [5, 5.41) is 0. The van der Waals surface area contributed by atoms with Crippen LogP contribution in [0.1, 0.15) is 16.7 Å². The minimum absolute atomic E-state index is 0.0627. The molecule has 0 radical (unpaired) electrons. The number of hydrogen-bond acceptors (Lipinski definition) is 5. The van der Waals surface area contributed by atoms with Gasteiger partial charge in [-0.2, -0.15) is 0 Å². The van der Waals surface area contributed by atoms with Gasteiger partial charge >= 0.3 is 0 Å². The van der Waals surface area contributed by atoms with Gasteiger partial charge in [0.05, 0.1) is 24.5 Å². The number of para-hydroxylation sites is 1. The topological polar surface area (TPSA) is 59.1 Å². The van der Waals surface area contributed by atoms with E-state index in [0.717, 1.165) is 16.0 Å². The van der Waals surface area contributed by atoms with Crippen LogP contribution in [0.25, 0.3) is 5.57 Å². The van der Waals surface area contributed by atoms with Gasteiger partial charge in [0.25, 0.3) is 11.8 Å². The molecule has 31 heavy (non-hydrogen) atoms. The largest absolute Gasteiger partial charge is 0.383 e. The van der Waals surface area contributed by atoms with Crippen LogP contribution in [-0.2, 0) is 19.1 Å². The number of nitrogens with zero attached hydrogens (tertiary/aromatic N) is 2. The second-order valence-corrected chi connectivity index (χ2v) is 7.39. The predicted octanol–water partition coefficient (Wildman–Crippen LogP) is 3.32. The normalized spacial score (nSPS) is 14.0. The molecule has 0 fully saturated rings. The number of carbonyl (C=O) groups excluding carboxylic acids is 2. The van der Waals surface area contributed by atoms with Crippen molar-refractivity contribution in [2.75, 3.05) is 45.4 Å². The number of anilines is 1. The molecule has 1 aliphatic heterocycles. The Kier molecular flexibility index (Phi) is 7.20. The molecule has 0 aromatic heterocycles. The highest BCUT2D eigenvalue weighted by atomic mass is 19.1. The van der Waals surface area contributed by atoms with E-state index in [4.69, 9.17) is 9.47 Å². The first-order chi connectivity index (χ1) is 14.9. The van der Waals surface area contributed by atoms with Gasteiger partial charge in [0, 0.05) is 27.3 Å². The zero-order valence-electron chi connectivity index (χ0n) is 18.3. The van der Waals surface area contributed by atoms with Crippen molar-refractivity contribution in [3.05, 3.63) is 70.7 Å². The fraction of sp³-hybridized carbons (Fsp3) is 0.333. The number of benzene rings is 2. The summed E-state index contributed by atoms with van der Waals surface area (Å²) < 4.78 is 25.0. The third-order valence-corrected chi connectivity index (χ3v) is 5.40. The predicted molar refractivity (Wildman–Crippen MR) is 117 cm³/mol. The number of carbonyl (C=O) groups is 2. The van der Waals surface area contributed by atoms with Gasteiger partial charge in [-0.3, -0.25) is 9.59 Å². The fourth-order valence-corrected chi connectivity index (χ4v) is 3.56. The monoisotopic (exact) mass is 426 g/mol. The van der Waals surface area contributed by atoms with Crippen molar-refractivity contribution in [2.24, 2.45) is 0 Å². The Morgan fingerprint density at radius 1 is 0.903 bits per heavy atom. The van der Waals surface area contributed by atoms with E-state index < -0.39 is 17.6 Å². The molecule has 0 atom stereocenters. The molecule has 1 aliphatic rings. The first-order valence-electron chi connectivity index (χ1n) is 10.1. The number of amides is 2. The summed E-state index contributed by atoms with van der Waals surface area (Å²) in [4.78, 5) is 29.7. The molecule has 0 N–H and O–H groups in total. The Morgan fingerprint density at radius 3 is 2.13 bits per heavy atom.